The highest BCUT2D eigenvalue weighted by Crippen LogP contribution is 2.18. The van der Waals surface area contributed by atoms with E-state index in [-0.39, 0.29) is 11.7 Å². The summed E-state index contributed by atoms with van der Waals surface area (Å²) in [6.45, 7) is 4.55. The molecule has 0 radical (unpaired) electrons. The van der Waals surface area contributed by atoms with E-state index in [9.17, 15) is 8.78 Å². The molecule has 0 saturated carbocycles. The van der Waals surface area contributed by atoms with E-state index in [2.05, 4.69) is 26.5 Å². The fourth-order valence-corrected chi connectivity index (χ4v) is 1.80. The number of halogens is 2. The van der Waals surface area contributed by atoms with E-state index in [1.165, 1.54) is 12.1 Å². The van der Waals surface area contributed by atoms with Crippen LogP contribution in [0.5, 0.6) is 5.75 Å². The Balaban J connectivity index is 2.60. The van der Waals surface area contributed by atoms with Gasteiger partial charge in [0.05, 0.1) is 6.61 Å². The molecule has 0 amide bonds. The molecule has 1 rings (SSSR count). The van der Waals surface area contributed by atoms with Gasteiger partial charge in [-0.2, -0.15) is 12.6 Å². The Morgan fingerprint density at radius 1 is 1.19 bits per heavy atom. The first-order valence-corrected chi connectivity index (χ1v) is 5.86. The molecule has 0 saturated heterocycles. The lowest BCUT2D eigenvalue weighted by Crippen LogP contribution is -2.19. The van der Waals surface area contributed by atoms with Crippen LogP contribution in [-0.4, -0.2) is 12.4 Å². The number of ether oxygens (including phenoxy) is 1. The van der Waals surface area contributed by atoms with Crippen molar-refractivity contribution in [2.24, 2.45) is 11.8 Å². The molecule has 0 N–H and O–H groups in total. The van der Waals surface area contributed by atoms with E-state index in [1.807, 2.05) is 0 Å². The number of hydrogen-bond acceptors (Lipinski definition) is 2. The predicted octanol–water partition coefficient (Wildman–Crippen LogP) is 3.55. The van der Waals surface area contributed by atoms with Crippen molar-refractivity contribution < 1.29 is 13.5 Å². The summed E-state index contributed by atoms with van der Waals surface area (Å²) in [4.78, 5) is 0. The third-order valence-corrected chi connectivity index (χ3v) is 2.95. The Bertz CT molecular complexity index is 322. The fourth-order valence-electron chi connectivity index (χ4n) is 1.27. The molecule has 16 heavy (non-hydrogen) atoms. The van der Waals surface area contributed by atoms with Crippen LogP contribution in [0, 0.1) is 23.5 Å². The smallest absolute Gasteiger partial charge is 0.129 e. The maximum absolute atomic E-state index is 12.9. The zero-order valence-corrected chi connectivity index (χ0v) is 10.3. The lowest BCUT2D eigenvalue weighted by Gasteiger charge is -2.18. The summed E-state index contributed by atoms with van der Waals surface area (Å²) < 4.78 is 31.1. The third kappa shape index (κ3) is 4.00. The molecule has 0 aromatic heterocycles. The first-order valence-electron chi connectivity index (χ1n) is 5.22. The van der Waals surface area contributed by atoms with Gasteiger partial charge in [-0.05, 0) is 11.7 Å². The molecule has 0 fully saturated rings. The lowest BCUT2D eigenvalue weighted by molar-refractivity contribution is 0.225. The fraction of sp³-hybridized carbons (Fsp3) is 0.500. The van der Waals surface area contributed by atoms with Crippen LogP contribution in [0.3, 0.4) is 0 Å². The van der Waals surface area contributed by atoms with Crippen LogP contribution < -0.4 is 4.74 Å². The van der Waals surface area contributed by atoms with Gasteiger partial charge < -0.3 is 4.74 Å². The van der Waals surface area contributed by atoms with Gasteiger partial charge >= 0.3 is 0 Å². The number of thiol groups is 1. The van der Waals surface area contributed by atoms with Crippen LogP contribution in [0.4, 0.5) is 8.78 Å². The highest BCUT2D eigenvalue weighted by Gasteiger charge is 2.12. The highest BCUT2D eigenvalue weighted by atomic mass is 32.1. The second-order valence-electron chi connectivity index (χ2n) is 4.10. The zero-order chi connectivity index (χ0) is 12.1. The summed E-state index contributed by atoms with van der Waals surface area (Å²) in [6, 6.07) is 3.18. The minimum atomic E-state index is -0.623. The maximum Gasteiger partial charge on any atom is 0.129 e. The molecule has 4 heteroatoms. The molecule has 90 valence electrons. The Morgan fingerprint density at radius 3 is 2.19 bits per heavy atom. The molecule has 1 unspecified atom stereocenters. The molecular formula is C12H16F2OS. The second-order valence-corrected chi connectivity index (χ2v) is 4.47. The normalized spacial score (nSPS) is 12.9. The molecule has 1 aromatic rings. The molecule has 0 spiro atoms. The van der Waals surface area contributed by atoms with Crippen LogP contribution in [0.15, 0.2) is 18.2 Å². The molecule has 1 nitrogen and oxygen atoms in total. The van der Waals surface area contributed by atoms with E-state index in [0.29, 0.717) is 18.3 Å². The van der Waals surface area contributed by atoms with Crippen LogP contribution in [0.2, 0.25) is 0 Å². The van der Waals surface area contributed by atoms with Gasteiger partial charge in [0.25, 0.3) is 0 Å². The Morgan fingerprint density at radius 2 is 1.75 bits per heavy atom. The number of benzene rings is 1. The predicted molar refractivity (Wildman–Crippen MR) is 64.0 cm³/mol. The molecule has 0 aliphatic heterocycles. The first-order chi connectivity index (χ1) is 7.52. The molecule has 0 aliphatic rings. The Hall–Kier alpha value is -0.770. The van der Waals surface area contributed by atoms with Gasteiger partial charge in [-0.1, -0.05) is 13.8 Å². The van der Waals surface area contributed by atoms with E-state index >= 15 is 0 Å². The van der Waals surface area contributed by atoms with Gasteiger partial charge in [0.1, 0.15) is 17.4 Å². The van der Waals surface area contributed by atoms with Gasteiger partial charge in [0.2, 0.25) is 0 Å². The van der Waals surface area contributed by atoms with Crippen LogP contribution in [0.25, 0.3) is 0 Å². The van der Waals surface area contributed by atoms with E-state index in [4.69, 9.17) is 4.74 Å². The van der Waals surface area contributed by atoms with Crippen molar-refractivity contribution in [1.29, 1.82) is 0 Å². The van der Waals surface area contributed by atoms with Gasteiger partial charge in [-0.25, -0.2) is 8.78 Å². The minimum Gasteiger partial charge on any atom is -0.493 e. The molecule has 0 aliphatic carbocycles. The number of hydrogen-bond donors (Lipinski definition) is 1. The lowest BCUT2D eigenvalue weighted by atomic mass is 9.99. The highest BCUT2D eigenvalue weighted by molar-refractivity contribution is 7.80. The van der Waals surface area contributed by atoms with Crippen molar-refractivity contribution in [2.45, 2.75) is 13.8 Å². The zero-order valence-electron chi connectivity index (χ0n) is 9.41. The molecular weight excluding hydrogens is 230 g/mol. The maximum atomic E-state index is 12.9. The van der Waals surface area contributed by atoms with Gasteiger partial charge in [-0.15, -0.1) is 0 Å². The molecule has 1 aromatic carbocycles. The minimum absolute atomic E-state index is 0.227. The largest absolute Gasteiger partial charge is 0.493 e. The van der Waals surface area contributed by atoms with E-state index in [0.717, 1.165) is 6.07 Å². The average Bonchev–Trinajstić information content (AvgIpc) is 2.16. The molecule has 1 atom stereocenters. The monoisotopic (exact) mass is 246 g/mol. The Labute approximate surface area is 100 Å². The van der Waals surface area contributed by atoms with Crippen molar-refractivity contribution in [2.75, 3.05) is 12.4 Å². The van der Waals surface area contributed by atoms with Crippen molar-refractivity contribution in [1.82, 2.24) is 0 Å². The van der Waals surface area contributed by atoms with Crippen molar-refractivity contribution in [3.05, 3.63) is 29.8 Å². The number of rotatable bonds is 5. The van der Waals surface area contributed by atoms with Crippen LogP contribution in [0.1, 0.15) is 13.8 Å². The van der Waals surface area contributed by atoms with Gasteiger partial charge in [-0.3, -0.25) is 0 Å². The molecule has 0 bridgehead atoms. The molecule has 0 heterocycles. The van der Waals surface area contributed by atoms with Crippen LogP contribution >= 0.6 is 12.6 Å². The van der Waals surface area contributed by atoms with Crippen molar-refractivity contribution in [3.8, 4) is 5.75 Å². The standard InChI is InChI=1S/C12H16F2OS/c1-8(2)9(7-16)6-15-12-4-10(13)3-11(14)5-12/h3-5,8-9,16H,6-7H2,1-2H3. The summed E-state index contributed by atoms with van der Waals surface area (Å²) in [5, 5.41) is 0. The first kappa shape index (κ1) is 13.3. The quantitative estimate of drug-likeness (QED) is 0.782. The average molecular weight is 246 g/mol. The van der Waals surface area contributed by atoms with E-state index in [1.54, 1.807) is 0 Å². The second kappa shape index (κ2) is 6.09. The summed E-state index contributed by atoms with van der Waals surface area (Å²) in [6.07, 6.45) is 0. The van der Waals surface area contributed by atoms with Crippen LogP contribution in [-0.2, 0) is 0 Å². The third-order valence-electron chi connectivity index (χ3n) is 2.48. The Kier molecular flexibility index (Phi) is 5.06. The summed E-state index contributed by atoms with van der Waals surface area (Å²) in [5.41, 5.74) is 0. The van der Waals surface area contributed by atoms with E-state index < -0.39 is 11.6 Å². The SMILES string of the molecule is CC(C)C(CS)COc1cc(F)cc(F)c1. The summed E-state index contributed by atoms with van der Waals surface area (Å²) in [7, 11) is 0. The van der Waals surface area contributed by atoms with Crippen molar-refractivity contribution >= 4 is 12.6 Å². The van der Waals surface area contributed by atoms with Crippen molar-refractivity contribution in [3.63, 3.8) is 0 Å². The van der Waals surface area contributed by atoms with Gasteiger partial charge in [0, 0.05) is 24.1 Å². The summed E-state index contributed by atoms with van der Waals surface area (Å²) >= 11 is 4.21. The van der Waals surface area contributed by atoms with Gasteiger partial charge in [0.15, 0.2) is 0 Å². The summed E-state index contributed by atoms with van der Waals surface area (Å²) in [5.74, 6) is 0.370. The topological polar surface area (TPSA) is 9.23 Å².